The van der Waals surface area contributed by atoms with Gasteiger partial charge in [-0.25, -0.2) is 4.79 Å². The van der Waals surface area contributed by atoms with E-state index in [1.807, 2.05) is 38.2 Å². The highest BCUT2D eigenvalue weighted by Gasteiger charge is 2.47. The Morgan fingerprint density at radius 2 is 2.22 bits per heavy atom. The van der Waals surface area contributed by atoms with E-state index in [2.05, 4.69) is 26.1 Å². The highest BCUT2D eigenvalue weighted by molar-refractivity contribution is 9.10. The summed E-state index contributed by atoms with van der Waals surface area (Å²) in [4.78, 5) is 13.7. The number of halogens is 1. The molecule has 0 spiro atoms. The third kappa shape index (κ3) is 2.37. The fraction of sp³-hybridized carbons (Fsp3) is 0.462. The van der Waals surface area contributed by atoms with E-state index in [1.165, 1.54) is 0 Å². The van der Waals surface area contributed by atoms with E-state index < -0.39 is 11.5 Å². The van der Waals surface area contributed by atoms with Crippen LogP contribution in [0.5, 0.6) is 0 Å². The van der Waals surface area contributed by atoms with Gasteiger partial charge < -0.3 is 15.3 Å². The number of likely N-dealkylation sites (tertiary alicyclic amines) is 1. The van der Waals surface area contributed by atoms with Crippen LogP contribution in [-0.4, -0.2) is 41.1 Å². The van der Waals surface area contributed by atoms with Crippen LogP contribution in [0.15, 0.2) is 28.7 Å². The molecule has 18 heavy (non-hydrogen) atoms. The van der Waals surface area contributed by atoms with Crippen molar-refractivity contribution < 1.29 is 9.90 Å². The summed E-state index contributed by atoms with van der Waals surface area (Å²) in [5.74, 6) is -0.797. The van der Waals surface area contributed by atoms with Gasteiger partial charge in [-0.2, -0.15) is 0 Å². The Balaban J connectivity index is 2.29. The van der Waals surface area contributed by atoms with Gasteiger partial charge in [0.1, 0.15) is 5.54 Å². The quantitative estimate of drug-likeness (QED) is 0.900. The molecule has 1 aliphatic rings. The zero-order valence-corrected chi connectivity index (χ0v) is 12.1. The Labute approximate surface area is 115 Å². The number of anilines is 1. The second-order valence-electron chi connectivity index (χ2n) is 4.96. The molecule has 1 saturated heterocycles. The molecule has 0 radical (unpaired) electrons. The minimum absolute atomic E-state index is 0.260. The van der Waals surface area contributed by atoms with Gasteiger partial charge in [0.15, 0.2) is 0 Å². The molecule has 2 unspecified atom stereocenters. The summed E-state index contributed by atoms with van der Waals surface area (Å²) in [5, 5.41) is 12.7. The van der Waals surface area contributed by atoms with Gasteiger partial charge in [0.05, 0.1) is 0 Å². The first-order chi connectivity index (χ1) is 8.44. The highest BCUT2D eigenvalue weighted by atomic mass is 79.9. The van der Waals surface area contributed by atoms with Crippen LogP contribution in [0.3, 0.4) is 0 Å². The number of carboxylic acids is 1. The number of benzene rings is 1. The van der Waals surface area contributed by atoms with Gasteiger partial charge in [-0.1, -0.05) is 12.1 Å². The maximum atomic E-state index is 11.6. The van der Waals surface area contributed by atoms with Crippen LogP contribution in [-0.2, 0) is 4.79 Å². The van der Waals surface area contributed by atoms with Crippen LogP contribution in [0.1, 0.15) is 13.3 Å². The van der Waals surface area contributed by atoms with Crippen molar-refractivity contribution in [2.45, 2.75) is 24.9 Å². The molecule has 1 fully saturated rings. The third-order valence-electron chi connectivity index (χ3n) is 3.57. The fourth-order valence-electron chi connectivity index (χ4n) is 2.43. The maximum absolute atomic E-state index is 11.6. The number of hydrogen-bond donors (Lipinski definition) is 2. The van der Waals surface area contributed by atoms with Crippen molar-refractivity contribution in [3.05, 3.63) is 28.7 Å². The molecule has 2 N–H and O–H groups in total. The van der Waals surface area contributed by atoms with Gasteiger partial charge in [0, 0.05) is 22.7 Å². The molecule has 98 valence electrons. The van der Waals surface area contributed by atoms with Crippen molar-refractivity contribution in [3.63, 3.8) is 0 Å². The van der Waals surface area contributed by atoms with Gasteiger partial charge in [-0.3, -0.25) is 0 Å². The Morgan fingerprint density at radius 1 is 1.56 bits per heavy atom. The topological polar surface area (TPSA) is 52.6 Å². The fourth-order valence-corrected chi connectivity index (χ4v) is 2.81. The second kappa shape index (κ2) is 4.90. The first kappa shape index (κ1) is 13.4. The van der Waals surface area contributed by atoms with Gasteiger partial charge in [-0.15, -0.1) is 0 Å². The van der Waals surface area contributed by atoms with Crippen LogP contribution in [0.2, 0.25) is 0 Å². The summed E-state index contributed by atoms with van der Waals surface area (Å²) in [5.41, 5.74) is -0.0831. The normalized spacial score (nSPS) is 28.3. The summed E-state index contributed by atoms with van der Waals surface area (Å²) in [6.07, 6.45) is 0.597. The molecule has 0 aliphatic carbocycles. The van der Waals surface area contributed by atoms with Gasteiger partial charge >= 0.3 is 5.97 Å². The SMILES string of the molecule is CC1CC(Nc2ccccc2Br)(C(=O)O)CN1C. The lowest BCUT2D eigenvalue weighted by atomic mass is 9.96. The molecule has 1 heterocycles. The zero-order chi connectivity index (χ0) is 13.3. The lowest BCUT2D eigenvalue weighted by molar-refractivity contribution is -0.141. The molecule has 0 bridgehead atoms. The third-order valence-corrected chi connectivity index (χ3v) is 4.26. The van der Waals surface area contributed by atoms with E-state index in [4.69, 9.17) is 0 Å². The molecule has 1 aromatic carbocycles. The van der Waals surface area contributed by atoms with E-state index >= 15 is 0 Å². The molecule has 1 aromatic rings. The summed E-state index contributed by atoms with van der Waals surface area (Å²) in [7, 11) is 1.96. The molecule has 5 heteroatoms. The zero-order valence-electron chi connectivity index (χ0n) is 10.5. The second-order valence-corrected chi connectivity index (χ2v) is 5.81. The minimum atomic E-state index is -0.905. The monoisotopic (exact) mass is 312 g/mol. The van der Waals surface area contributed by atoms with Crippen molar-refractivity contribution in [3.8, 4) is 0 Å². The summed E-state index contributed by atoms with van der Waals surface area (Å²) >= 11 is 3.44. The Hall–Kier alpha value is -1.07. The molecule has 2 rings (SSSR count). The van der Waals surface area contributed by atoms with Crippen LogP contribution in [0.25, 0.3) is 0 Å². The number of nitrogens with one attached hydrogen (secondary N) is 1. The van der Waals surface area contributed by atoms with E-state index in [-0.39, 0.29) is 6.04 Å². The van der Waals surface area contributed by atoms with Crippen LogP contribution >= 0.6 is 15.9 Å². The molecule has 0 saturated carbocycles. The molecule has 4 nitrogen and oxygen atoms in total. The average molecular weight is 313 g/mol. The molecule has 0 amide bonds. The van der Waals surface area contributed by atoms with E-state index in [0.717, 1.165) is 10.2 Å². The molecular formula is C13H17BrN2O2. The number of rotatable bonds is 3. The molecular weight excluding hydrogens is 296 g/mol. The molecule has 1 aliphatic heterocycles. The average Bonchev–Trinajstić information content (AvgIpc) is 2.59. The van der Waals surface area contributed by atoms with Crippen LogP contribution in [0.4, 0.5) is 5.69 Å². The van der Waals surface area contributed by atoms with Crippen molar-refractivity contribution in [1.82, 2.24) is 4.90 Å². The smallest absolute Gasteiger partial charge is 0.330 e. The first-order valence-electron chi connectivity index (χ1n) is 5.91. The van der Waals surface area contributed by atoms with Crippen molar-refractivity contribution in [2.24, 2.45) is 0 Å². The minimum Gasteiger partial charge on any atom is -0.479 e. The van der Waals surface area contributed by atoms with Gasteiger partial charge in [0.25, 0.3) is 0 Å². The predicted molar refractivity (Wildman–Crippen MR) is 74.8 cm³/mol. The summed E-state index contributed by atoms with van der Waals surface area (Å²) in [6.45, 7) is 2.55. The number of carboxylic acid groups (broad SMARTS) is 1. The van der Waals surface area contributed by atoms with Crippen LogP contribution < -0.4 is 5.32 Å². The maximum Gasteiger partial charge on any atom is 0.330 e. The first-order valence-corrected chi connectivity index (χ1v) is 6.70. The van der Waals surface area contributed by atoms with Crippen molar-refractivity contribution in [1.29, 1.82) is 0 Å². The lowest BCUT2D eigenvalue weighted by Gasteiger charge is -2.27. The highest BCUT2D eigenvalue weighted by Crippen LogP contribution is 2.32. The Bertz CT molecular complexity index is 454. The van der Waals surface area contributed by atoms with Crippen molar-refractivity contribution >= 4 is 27.6 Å². The van der Waals surface area contributed by atoms with Crippen molar-refractivity contribution in [2.75, 3.05) is 18.9 Å². The largest absolute Gasteiger partial charge is 0.479 e. The number of likely N-dealkylation sites (N-methyl/N-ethyl adjacent to an activating group) is 1. The number of nitrogens with zero attached hydrogens (tertiary/aromatic N) is 1. The number of aliphatic carboxylic acids is 1. The number of carbonyl (C=O) groups is 1. The Kier molecular flexibility index (Phi) is 3.64. The summed E-state index contributed by atoms with van der Waals surface area (Å²) in [6, 6.07) is 7.85. The van der Waals surface area contributed by atoms with Gasteiger partial charge in [-0.05, 0) is 48.5 Å². The van der Waals surface area contributed by atoms with Gasteiger partial charge in [0.2, 0.25) is 0 Å². The standard InChI is InChI=1S/C13H17BrN2O2/c1-9-7-13(12(17)18,8-16(9)2)15-11-6-4-3-5-10(11)14/h3-6,9,15H,7-8H2,1-2H3,(H,17,18). The lowest BCUT2D eigenvalue weighted by Crippen LogP contribution is -2.48. The van der Waals surface area contributed by atoms with E-state index in [1.54, 1.807) is 0 Å². The number of para-hydroxylation sites is 1. The Morgan fingerprint density at radius 3 is 2.72 bits per heavy atom. The van der Waals surface area contributed by atoms with Crippen LogP contribution in [0, 0.1) is 0 Å². The van der Waals surface area contributed by atoms with E-state index in [9.17, 15) is 9.90 Å². The van der Waals surface area contributed by atoms with E-state index in [0.29, 0.717) is 13.0 Å². The number of hydrogen-bond acceptors (Lipinski definition) is 3. The molecule has 2 atom stereocenters. The summed E-state index contributed by atoms with van der Waals surface area (Å²) < 4.78 is 0.882. The predicted octanol–water partition coefficient (Wildman–Crippen LogP) is 2.41. The molecule has 0 aromatic heterocycles.